The van der Waals surface area contributed by atoms with Crippen LogP contribution in [0.3, 0.4) is 0 Å². The summed E-state index contributed by atoms with van der Waals surface area (Å²) in [4.78, 5) is 25.7. The average molecular weight is 337 g/mol. The standard InChI is InChI=1S/C17H28N4OS/c1-12-11-14(19-16(18-12)23-6)21-9-7-13(8-10-21)20(5)15(22)17(2,3)4/h11,13H,7-10H2,1-6H3. The van der Waals surface area contributed by atoms with Crippen LogP contribution in [0.1, 0.15) is 39.3 Å². The number of rotatable bonds is 3. The second-order valence-corrected chi connectivity index (χ2v) is 8.01. The van der Waals surface area contributed by atoms with E-state index in [9.17, 15) is 4.79 Å². The highest BCUT2D eigenvalue weighted by molar-refractivity contribution is 7.98. The van der Waals surface area contributed by atoms with E-state index in [4.69, 9.17) is 0 Å². The number of hydrogen-bond donors (Lipinski definition) is 0. The Bertz CT molecular complexity index is 562. The third-order valence-corrected chi connectivity index (χ3v) is 4.85. The monoisotopic (exact) mass is 336 g/mol. The fraction of sp³-hybridized carbons (Fsp3) is 0.706. The van der Waals surface area contributed by atoms with Crippen molar-refractivity contribution in [2.75, 3.05) is 31.3 Å². The van der Waals surface area contributed by atoms with Gasteiger partial charge in [0, 0.05) is 43.4 Å². The molecule has 1 aliphatic rings. The molecule has 1 aliphatic heterocycles. The molecular weight excluding hydrogens is 308 g/mol. The van der Waals surface area contributed by atoms with E-state index in [0.717, 1.165) is 42.6 Å². The summed E-state index contributed by atoms with van der Waals surface area (Å²) >= 11 is 1.57. The summed E-state index contributed by atoms with van der Waals surface area (Å²) < 4.78 is 0. The summed E-state index contributed by atoms with van der Waals surface area (Å²) in [5.41, 5.74) is 0.685. The van der Waals surface area contributed by atoms with Crippen LogP contribution in [-0.2, 0) is 4.79 Å². The predicted molar refractivity (Wildman–Crippen MR) is 96.0 cm³/mol. The van der Waals surface area contributed by atoms with Crippen LogP contribution in [0, 0.1) is 12.3 Å². The van der Waals surface area contributed by atoms with E-state index in [-0.39, 0.29) is 11.3 Å². The Morgan fingerprint density at radius 2 is 1.91 bits per heavy atom. The summed E-state index contributed by atoms with van der Waals surface area (Å²) in [7, 11) is 1.94. The molecule has 1 amide bonds. The lowest BCUT2D eigenvalue weighted by Crippen LogP contribution is -2.48. The van der Waals surface area contributed by atoms with Gasteiger partial charge in [-0.15, -0.1) is 0 Å². The molecule has 2 heterocycles. The SMILES string of the molecule is CSc1nc(C)cc(N2CCC(N(C)C(=O)C(C)(C)C)CC2)n1. The summed E-state index contributed by atoms with van der Waals surface area (Å²) in [6.07, 6.45) is 3.96. The van der Waals surface area contributed by atoms with Crippen molar-refractivity contribution in [3.05, 3.63) is 11.8 Å². The van der Waals surface area contributed by atoms with Crippen molar-refractivity contribution in [2.45, 2.75) is 51.7 Å². The van der Waals surface area contributed by atoms with Crippen LogP contribution < -0.4 is 4.90 Å². The van der Waals surface area contributed by atoms with Crippen molar-refractivity contribution >= 4 is 23.5 Å². The molecule has 1 aromatic heterocycles. The number of hydrogen-bond acceptors (Lipinski definition) is 5. The molecule has 0 aliphatic carbocycles. The molecule has 128 valence electrons. The molecule has 1 fully saturated rings. The zero-order valence-electron chi connectivity index (χ0n) is 15.1. The van der Waals surface area contributed by atoms with Crippen molar-refractivity contribution in [1.82, 2.24) is 14.9 Å². The highest BCUT2D eigenvalue weighted by atomic mass is 32.2. The average Bonchev–Trinajstić information content (AvgIpc) is 2.52. The van der Waals surface area contributed by atoms with Gasteiger partial charge in [0.1, 0.15) is 5.82 Å². The summed E-state index contributed by atoms with van der Waals surface area (Å²) in [5.74, 6) is 1.23. The maximum absolute atomic E-state index is 12.4. The Labute approximate surface area is 143 Å². The van der Waals surface area contributed by atoms with Gasteiger partial charge >= 0.3 is 0 Å². The van der Waals surface area contributed by atoms with Crippen LogP contribution in [0.15, 0.2) is 11.2 Å². The Morgan fingerprint density at radius 3 is 2.43 bits per heavy atom. The quantitative estimate of drug-likeness (QED) is 0.627. The number of aromatic nitrogens is 2. The van der Waals surface area contributed by atoms with E-state index in [0.29, 0.717) is 6.04 Å². The smallest absolute Gasteiger partial charge is 0.227 e. The number of carbonyl (C=O) groups excluding carboxylic acids is 1. The van der Waals surface area contributed by atoms with Crippen molar-refractivity contribution in [2.24, 2.45) is 5.41 Å². The molecular formula is C17H28N4OS. The zero-order chi connectivity index (χ0) is 17.2. The lowest BCUT2D eigenvalue weighted by Gasteiger charge is -2.39. The Kier molecular flexibility index (Phi) is 5.55. The molecule has 1 aromatic rings. The minimum absolute atomic E-state index is 0.221. The van der Waals surface area contributed by atoms with Crippen molar-refractivity contribution in [1.29, 1.82) is 0 Å². The number of thioether (sulfide) groups is 1. The molecule has 0 saturated carbocycles. The number of piperidine rings is 1. The van der Waals surface area contributed by atoms with Crippen molar-refractivity contribution in [3.63, 3.8) is 0 Å². The topological polar surface area (TPSA) is 49.3 Å². The first-order chi connectivity index (χ1) is 10.7. The fourth-order valence-corrected chi connectivity index (χ4v) is 3.38. The van der Waals surface area contributed by atoms with E-state index in [1.54, 1.807) is 11.8 Å². The Balaban J connectivity index is 2.01. The lowest BCUT2D eigenvalue weighted by atomic mass is 9.92. The molecule has 0 N–H and O–H groups in total. The van der Waals surface area contributed by atoms with Gasteiger partial charge in [-0.3, -0.25) is 4.79 Å². The van der Waals surface area contributed by atoms with E-state index in [1.165, 1.54) is 0 Å². The fourth-order valence-electron chi connectivity index (χ4n) is 2.96. The van der Waals surface area contributed by atoms with E-state index in [2.05, 4.69) is 14.9 Å². The van der Waals surface area contributed by atoms with Gasteiger partial charge in [0.25, 0.3) is 0 Å². The van der Waals surface area contributed by atoms with E-state index >= 15 is 0 Å². The maximum Gasteiger partial charge on any atom is 0.227 e. The van der Waals surface area contributed by atoms with Gasteiger partial charge in [0.2, 0.25) is 5.91 Å². The molecule has 1 saturated heterocycles. The first-order valence-corrected chi connectivity index (χ1v) is 9.36. The number of anilines is 1. The highest BCUT2D eigenvalue weighted by Crippen LogP contribution is 2.25. The van der Waals surface area contributed by atoms with Gasteiger partial charge in [-0.05, 0) is 26.0 Å². The van der Waals surface area contributed by atoms with Crippen LogP contribution in [0.4, 0.5) is 5.82 Å². The van der Waals surface area contributed by atoms with Crippen molar-refractivity contribution in [3.8, 4) is 0 Å². The van der Waals surface area contributed by atoms with Gasteiger partial charge in [-0.1, -0.05) is 32.5 Å². The Hall–Kier alpha value is -1.30. The summed E-state index contributed by atoms with van der Waals surface area (Å²) in [6, 6.07) is 2.37. The lowest BCUT2D eigenvalue weighted by molar-refractivity contribution is -0.140. The number of amides is 1. The third-order valence-electron chi connectivity index (χ3n) is 4.30. The van der Waals surface area contributed by atoms with Crippen LogP contribution in [0.2, 0.25) is 0 Å². The second-order valence-electron chi connectivity index (χ2n) is 7.24. The first kappa shape index (κ1) is 18.0. The van der Waals surface area contributed by atoms with Gasteiger partial charge < -0.3 is 9.80 Å². The highest BCUT2D eigenvalue weighted by Gasteiger charge is 2.31. The predicted octanol–water partition coefficient (Wildman–Crippen LogP) is 2.98. The number of carbonyl (C=O) groups is 1. The van der Waals surface area contributed by atoms with Gasteiger partial charge in [0.05, 0.1) is 0 Å². The molecule has 23 heavy (non-hydrogen) atoms. The number of nitrogens with zero attached hydrogens (tertiary/aromatic N) is 4. The first-order valence-electron chi connectivity index (χ1n) is 8.14. The molecule has 0 radical (unpaired) electrons. The third kappa shape index (κ3) is 4.37. The van der Waals surface area contributed by atoms with Crippen LogP contribution in [0.25, 0.3) is 0 Å². The van der Waals surface area contributed by atoms with Gasteiger partial charge in [-0.2, -0.15) is 0 Å². The molecule has 2 rings (SSSR count). The summed E-state index contributed by atoms with van der Waals surface area (Å²) in [6.45, 7) is 9.80. The minimum Gasteiger partial charge on any atom is -0.356 e. The normalized spacial score (nSPS) is 16.5. The minimum atomic E-state index is -0.317. The van der Waals surface area contributed by atoms with Gasteiger partial charge in [0.15, 0.2) is 5.16 Å². The largest absolute Gasteiger partial charge is 0.356 e. The molecule has 0 unspecified atom stereocenters. The van der Waals surface area contributed by atoms with Crippen LogP contribution >= 0.6 is 11.8 Å². The van der Waals surface area contributed by atoms with Crippen LogP contribution in [-0.4, -0.2) is 53.2 Å². The molecule has 0 spiro atoms. The van der Waals surface area contributed by atoms with Gasteiger partial charge in [-0.25, -0.2) is 9.97 Å². The second kappa shape index (κ2) is 7.07. The summed E-state index contributed by atoms with van der Waals surface area (Å²) in [5, 5.41) is 0.821. The Morgan fingerprint density at radius 1 is 1.30 bits per heavy atom. The maximum atomic E-state index is 12.4. The van der Waals surface area contributed by atoms with E-state index in [1.807, 2.05) is 52.0 Å². The van der Waals surface area contributed by atoms with Crippen LogP contribution in [0.5, 0.6) is 0 Å². The number of aryl methyl sites for hydroxylation is 1. The molecule has 5 nitrogen and oxygen atoms in total. The molecule has 6 heteroatoms. The molecule has 0 aromatic carbocycles. The van der Waals surface area contributed by atoms with Crippen molar-refractivity contribution < 1.29 is 4.79 Å². The molecule has 0 atom stereocenters. The van der Waals surface area contributed by atoms with E-state index < -0.39 is 0 Å². The molecule has 0 bridgehead atoms. The zero-order valence-corrected chi connectivity index (χ0v) is 15.9.